The van der Waals surface area contributed by atoms with Gasteiger partial charge in [-0.05, 0) is 38.3 Å². The molecule has 0 radical (unpaired) electrons. The molecule has 0 bridgehead atoms. The van der Waals surface area contributed by atoms with Crippen LogP contribution in [0.3, 0.4) is 0 Å². The molecule has 7 heteroatoms. The zero-order chi connectivity index (χ0) is 19.8. The Labute approximate surface area is 164 Å². The molecule has 2 aromatic rings. The Kier molecular flexibility index (Phi) is 7.85. The zero-order valence-corrected chi connectivity index (χ0v) is 16.6. The number of benzene rings is 1. The third-order valence-corrected chi connectivity index (χ3v) is 4.86. The molecule has 0 saturated heterocycles. The van der Waals surface area contributed by atoms with Crippen molar-refractivity contribution in [1.29, 1.82) is 0 Å². The van der Waals surface area contributed by atoms with Gasteiger partial charge in [-0.15, -0.1) is 0 Å². The number of hydrogen-bond acceptors (Lipinski definition) is 3. The largest absolute Gasteiger partial charge is 0.481 e. The van der Waals surface area contributed by atoms with Crippen LogP contribution < -0.4 is 5.32 Å². The third-order valence-electron chi connectivity index (χ3n) is 4.49. The lowest BCUT2D eigenvalue weighted by Gasteiger charge is -2.08. The minimum absolute atomic E-state index is 0.124. The molecule has 0 fully saturated rings. The summed E-state index contributed by atoms with van der Waals surface area (Å²) in [6.45, 7) is 4.80. The minimum atomic E-state index is -0.761. The molecule has 6 nitrogen and oxygen atoms in total. The van der Waals surface area contributed by atoms with E-state index in [-0.39, 0.29) is 12.3 Å². The number of carboxylic acids is 1. The number of nitrogens with one attached hydrogen (secondary N) is 1. The molecule has 0 spiro atoms. The second-order valence-electron chi connectivity index (χ2n) is 6.61. The second kappa shape index (κ2) is 10.1. The summed E-state index contributed by atoms with van der Waals surface area (Å²) in [4.78, 5) is 23.0. The molecular weight excluding hydrogens is 366 g/mol. The molecule has 146 valence electrons. The second-order valence-corrected chi connectivity index (χ2v) is 7.02. The van der Waals surface area contributed by atoms with E-state index in [0.717, 1.165) is 30.5 Å². The maximum absolute atomic E-state index is 12.5. The van der Waals surface area contributed by atoms with E-state index in [1.807, 2.05) is 38.1 Å². The summed E-state index contributed by atoms with van der Waals surface area (Å²) in [6, 6.07) is 7.60. The molecule has 0 atom stereocenters. The van der Waals surface area contributed by atoms with Crippen molar-refractivity contribution in [2.75, 3.05) is 6.54 Å². The van der Waals surface area contributed by atoms with Gasteiger partial charge in [-0.3, -0.25) is 14.3 Å². The molecule has 0 aliphatic carbocycles. The average molecular weight is 392 g/mol. The molecule has 0 unspecified atom stereocenters. The van der Waals surface area contributed by atoms with Crippen molar-refractivity contribution in [3.63, 3.8) is 0 Å². The van der Waals surface area contributed by atoms with Gasteiger partial charge in [0.05, 0.1) is 17.8 Å². The molecule has 1 amide bonds. The normalized spacial score (nSPS) is 10.8. The van der Waals surface area contributed by atoms with E-state index in [9.17, 15) is 9.59 Å². The molecule has 1 aromatic carbocycles. The maximum Gasteiger partial charge on any atom is 0.303 e. The molecule has 0 saturated carbocycles. The first-order chi connectivity index (χ1) is 12.9. The number of aromatic nitrogens is 2. The van der Waals surface area contributed by atoms with Crippen molar-refractivity contribution in [2.45, 2.75) is 52.5 Å². The summed E-state index contributed by atoms with van der Waals surface area (Å²) in [5.41, 5.74) is 3.07. The number of aliphatic carboxylic acids is 1. The van der Waals surface area contributed by atoms with Crippen LogP contribution in [0.25, 0.3) is 0 Å². The van der Waals surface area contributed by atoms with Crippen LogP contribution in [-0.4, -0.2) is 33.3 Å². The quantitative estimate of drug-likeness (QED) is 0.600. The predicted octanol–water partition coefficient (Wildman–Crippen LogP) is 3.97. The fourth-order valence-electron chi connectivity index (χ4n) is 3.01. The Bertz CT molecular complexity index is 802. The molecule has 0 aliphatic rings. The van der Waals surface area contributed by atoms with Crippen molar-refractivity contribution >= 4 is 23.5 Å². The fraction of sp³-hybridized carbons (Fsp3) is 0.450. The number of unbranched alkanes of at least 4 members (excludes halogenated alkanes) is 3. The van der Waals surface area contributed by atoms with Gasteiger partial charge in [-0.1, -0.05) is 42.6 Å². The van der Waals surface area contributed by atoms with E-state index in [1.165, 1.54) is 0 Å². The van der Waals surface area contributed by atoms with Gasteiger partial charge in [-0.2, -0.15) is 5.10 Å². The monoisotopic (exact) mass is 391 g/mol. The van der Waals surface area contributed by atoms with Crippen molar-refractivity contribution in [3.05, 3.63) is 51.8 Å². The van der Waals surface area contributed by atoms with E-state index in [0.29, 0.717) is 35.8 Å². The van der Waals surface area contributed by atoms with Crippen LogP contribution in [0.15, 0.2) is 24.3 Å². The lowest BCUT2D eigenvalue weighted by molar-refractivity contribution is -0.137. The van der Waals surface area contributed by atoms with Crippen molar-refractivity contribution in [3.8, 4) is 0 Å². The lowest BCUT2D eigenvalue weighted by Crippen LogP contribution is -2.25. The average Bonchev–Trinajstić information content (AvgIpc) is 2.89. The molecule has 1 aromatic heterocycles. The highest BCUT2D eigenvalue weighted by Crippen LogP contribution is 2.19. The Morgan fingerprint density at radius 1 is 1.15 bits per heavy atom. The van der Waals surface area contributed by atoms with Crippen LogP contribution in [-0.2, 0) is 11.3 Å². The van der Waals surface area contributed by atoms with Crippen molar-refractivity contribution in [2.24, 2.45) is 0 Å². The Balaban J connectivity index is 1.88. The van der Waals surface area contributed by atoms with E-state index in [4.69, 9.17) is 16.7 Å². The number of rotatable bonds is 10. The van der Waals surface area contributed by atoms with Gasteiger partial charge in [0.1, 0.15) is 0 Å². The van der Waals surface area contributed by atoms with Crippen LogP contribution in [0, 0.1) is 13.8 Å². The van der Waals surface area contributed by atoms with Gasteiger partial charge in [0, 0.05) is 23.7 Å². The van der Waals surface area contributed by atoms with Gasteiger partial charge in [-0.25, -0.2) is 0 Å². The highest BCUT2D eigenvalue weighted by atomic mass is 35.5. The predicted molar refractivity (Wildman–Crippen MR) is 105 cm³/mol. The number of amides is 1. The highest BCUT2D eigenvalue weighted by Gasteiger charge is 2.18. The van der Waals surface area contributed by atoms with Gasteiger partial charge in [0.15, 0.2) is 0 Å². The third kappa shape index (κ3) is 6.10. The van der Waals surface area contributed by atoms with Crippen LogP contribution in [0.1, 0.15) is 59.4 Å². The van der Waals surface area contributed by atoms with Crippen molar-refractivity contribution in [1.82, 2.24) is 15.1 Å². The first kappa shape index (κ1) is 21.0. The topological polar surface area (TPSA) is 84.2 Å². The lowest BCUT2D eigenvalue weighted by atomic mass is 10.1. The van der Waals surface area contributed by atoms with E-state index < -0.39 is 5.97 Å². The number of carbonyl (C=O) groups is 2. The van der Waals surface area contributed by atoms with E-state index in [2.05, 4.69) is 10.4 Å². The van der Waals surface area contributed by atoms with Gasteiger partial charge >= 0.3 is 5.97 Å². The van der Waals surface area contributed by atoms with Gasteiger partial charge in [0.2, 0.25) is 0 Å². The minimum Gasteiger partial charge on any atom is -0.481 e. The Morgan fingerprint density at radius 3 is 2.56 bits per heavy atom. The highest BCUT2D eigenvalue weighted by molar-refractivity contribution is 6.31. The number of carbonyl (C=O) groups excluding carboxylic acids is 1. The van der Waals surface area contributed by atoms with E-state index in [1.54, 1.807) is 4.68 Å². The summed E-state index contributed by atoms with van der Waals surface area (Å²) in [5, 5.41) is 16.7. The molecule has 1 heterocycles. The van der Waals surface area contributed by atoms with Gasteiger partial charge in [0.25, 0.3) is 5.91 Å². The number of nitrogens with zero attached hydrogens (tertiary/aromatic N) is 2. The summed E-state index contributed by atoms with van der Waals surface area (Å²) in [5.74, 6) is -0.885. The SMILES string of the molecule is Cc1nn(Cc2ccccc2Cl)c(C)c1C(=O)NCCCCCCC(=O)O. The molecule has 2 rings (SSSR count). The summed E-state index contributed by atoms with van der Waals surface area (Å²) in [7, 11) is 0. The molecule has 0 aliphatic heterocycles. The summed E-state index contributed by atoms with van der Waals surface area (Å²) in [6.07, 6.45) is 3.47. The standard InChI is InChI=1S/C20H26ClN3O3/c1-14-19(20(27)22-12-8-4-3-5-11-18(25)26)15(2)24(23-14)13-16-9-6-7-10-17(16)21/h6-7,9-10H,3-5,8,11-13H2,1-2H3,(H,22,27)(H,25,26). The summed E-state index contributed by atoms with van der Waals surface area (Å²) < 4.78 is 1.80. The maximum atomic E-state index is 12.5. The van der Waals surface area contributed by atoms with Crippen LogP contribution >= 0.6 is 11.6 Å². The van der Waals surface area contributed by atoms with Crippen LogP contribution in [0.5, 0.6) is 0 Å². The Morgan fingerprint density at radius 2 is 1.85 bits per heavy atom. The smallest absolute Gasteiger partial charge is 0.303 e. The number of hydrogen-bond donors (Lipinski definition) is 2. The Hall–Kier alpha value is -2.34. The number of carboxylic acid groups (broad SMARTS) is 1. The molecule has 2 N–H and O–H groups in total. The number of halogens is 1. The molecule has 27 heavy (non-hydrogen) atoms. The fourth-order valence-corrected chi connectivity index (χ4v) is 3.21. The zero-order valence-electron chi connectivity index (χ0n) is 15.8. The summed E-state index contributed by atoms with van der Waals surface area (Å²) >= 11 is 6.22. The van der Waals surface area contributed by atoms with Crippen molar-refractivity contribution < 1.29 is 14.7 Å². The van der Waals surface area contributed by atoms with E-state index >= 15 is 0 Å². The molecular formula is C20H26ClN3O3. The first-order valence-corrected chi connectivity index (χ1v) is 9.55. The first-order valence-electron chi connectivity index (χ1n) is 9.17. The number of aryl methyl sites for hydroxylation is 1. The van der Waals surface area contributed by atoms with Gasteiger partial charge < -0.3 is 10.4 Å². The van der Waals surface area contributed by atoms with Crippen LogP contribution in [0.2, 0.25) is 5.02 Å². The van der Waals surface area contributed by atoms with Crippen LogP contribution in [0.4, 0.5) is 0 Å².